The Labute approximate surface area is 211 Å². The van der Waals surface area contributed by atoms with Crippen molar-refractivity contribution in [3.05, 3.63) is 23.7 Å². The minimum atomic E-state index is -1.07. The average molecular weight is 499 g/mol. The number of hydrogen-bond donors (Lipinski definition) is 0. The second-order valence-corrected chi connectivity index (χ2v) is 10.7. The number of cyclic esters (lactones) is 1. The minimum absolute atomic E-state index is 0.0750. The van der Waals surface area contributed by atoms with Crippen molar-refractivity contribution >= 4 is 23.7 Å². The number of rotatable bonds is 4. The summed E-state index contributed by atoms with van der Waals surface area (Å²) in [5.41, 5.74) is -0.919. The molecule has 4 rings (SSSR count). The van der Waals surface area contributed by atoms with Crippen molar-refractivity contribution in [2.24, 2.45) is 28.6 Å². The first-order valence-corrected chi connectivity index (χ1v) is 12.6. The van der Waals surface area contributed by atoms with Crippen molar-refractivity contribution in [1.82, 2.24) is 0 Å². The third-order valence-corrected chi connectivity index (χ3v) is 8.52. The van der Waals surface area contributed by atoms with E-state index in [0.29, 0.717) is 37.0 Å². The zero-order chi connectivity index (χ0) is 26.3. The van der Waals surface area contributed by atoms with Crippen LogP contribution in [0.4, 0.5) is 0 Å². The molecule has 1 aromatic heterocycles. The predicted molar refractivity (Wildman–Crippen MR) is 127 cm³/mol. The number of unbranched alkanes of at least 4 members (excludes halogenated alkanes) is 1. The van der Waals surface area contributed by atoms with Crippen LogP contribution in [0.5, 0.6) is 0 Å². The van der Waals surface area contributed by atoms with Crippen LogP contribution < -0.4 is 0 Å². The molecule has 1 saturated heterocycles. The lowest BCUT2D eigenvalue weighted by Crippen LogP contribution is -2.64. The van der Waals surface area contributed by atoms with Gasteiger partial charge in [-0.1, -0.05) is 26.7 Å². The Morgan fingerprint density at radius 2 is 1.97 bits per heavy atom. The molecule has 7 atom stereocenters. The summed E-state index contributed by atoms with van der Waals surface area (Å²) < 4.78 is 22.0. The van der Waals surface area contributed by atoms with Crippen LogP contribution in [-0.2, 0) is 33.4 Å². The van der Waals surface area contributed by atoms with Crippen LogP contribution in [0.15, 0.2) is 16.7 Å². The second-order valence-electron chi connectivity index (χ2n) is 10.7. The number of hydrogen-bond acceptors (Lipinski definition) is 8. The number of methoxy groups -OCH3 is 1. The SMILES string of the molecule is CCCC#Cc1occc1[C@@H]1C[C@]2(C)[C@H]3C(=O)[C@@H](OC(C)=O)C[C@@H](C(=O)OC)[C@]3(C)CC[C@H]2C(=O)O1. The van der Waals surface area contributed by atoms with Crippen LogP contribution in [0.25, 0.3) is 0 Å². The molecule has 3 aliphatic rings. The van der Waals surface area contributed by atoms with E-state index in [1.54, 1.807) is 6.07 Å². The van der Waals surface area contributed by atoms with E-state index in [4.69, 9.17) is 18.6 Å². The third kappa shape index (κ3) is 4.23. The molecule has 0 N–H and O–H groups in total. The Morgan fingerprint density at radius 1 is 1.22 bits per heavy atom. The third-order valence-electron chi connectivity index (χ3n) is 8.52. The Morgan fingerprint density at radius 3 is 2.64 bits per heavy atom. The summed E-state index contributed by atoms with van der Waals surface area (Å²) in [4.78, 5) is 52.0. The number of carbonyl (C=O) groups is 4. The van der Waals surface area contributed by atoms with Gasteiger partial charge in [0.15, 0.2) is 17.6 Å². The molecule has 1 aromatic rings. The zero-order valence-corrected chi connectivity index (χ0v) is 21.6. The maximum absolute atomic E-state index is 13.9. The van der Waals surface area contributed by atoms with Crippen LogP contribution in [-0.4, -0.2) is 36.9 Å². The van der Waals surface area contributed by atoms with Gasteiger partial charge >= 0.3 is 17.9 Å². The molecular weight excluding hydrogens is 464 g/mol. The lowest BCUT2D eigenvalue weighted by Gasteiger charge is -2.61. The fourth-order valence-corrected chi connectivity index (χ4v) is 6.93. The summed E-state index contributed by atoms with van der Waals surface area (Å²) in [6.45, 7) is 7.14. The number of esters is 3. The lowest BCUT2D eigenvalue weighted by molar-refractivity contribution is -0.210. The highest BCUT2D eigenvalue weighted by atomic mass is 16.6. The number of furan rings is 1. The fraction of sp³-hybridized carbons (Fsp3) is 0.643. The summed E-state index contributed by atoms with van der Waals surface area (Å²) in [6, 6.07) is 1.75. The van der Waals surface area contributed by atoms with E-state index >= 15 is 0 Å². The average Bonchev–Trinajstić information content (AvgIpc) is 3.28. The first-order chi connectivity index (χ1) is 17.1. The fourth-order valence-electron chi connectivity index (χ4n) is 6.93. The van der Waals surface area contributed by atoms with Crippen LogP contribution in [0, 0.1) is 40.4 Å². The molecule has 0 bridgehead atoms. The van der Waals surface area contributed by atoms with Crippen molar-refractivity contribution < 1.29 is 37.8 Å². The van der Waals surface area contributed by atoms with Crippen LogP contribution in [0.3, 0.4) is 0 Å². The molecule has 0 amide bonds. The molecule has 36 heavy (non-hydrogen) atoms. The highest BCUT2D eigenvalue weighted by Crippen LogP contribution is 2.65. The molecule has 0 aromatic carbocycles. The van der Waals surface area contributed by atoms with Crippen LogP contribution >= 0.6 is 0 Å². The van der Waals surface area contributed by atoms with E-state index in [2.05, 4.69) is 11.8 Å². The number of fused-ring (bicyclic) bond motifs is 3. The number of ether oxygens (including phenoxy) is 3. The molecule has 2 aliphatic carbocycles. The number of Topliss-reactive ketones (excluding diaryl/α,β-unsaturated/α-hetero) is 1. The summed E-state index contributed by atoms with van der Waals surface area (Å²) in [6.07, 6.45) is 2.83. The molecular formula is C28H34O8. The summed E-state index contributed by atoms with van der Waals surface area (Å²) in [5, 5.41) is 0. The van der Waals surface area contributed by atoms with E-state index in [-0.39, 0.29) is 18.2 Å². The summed E-state index contributed by atoms with van der Waals surface area (Å²) in [5.74, 6) is 3.02. The van der Waals surface area contributed by atoms with Gasteiger partial charge in [0.2, 0.25) is 0 Å². The Bertz CT molecular complexity index is 1120. The maximum Gasteiger partial charge on any atom is 0.310 e. The smallest absolute Gasteiger partial charge is 0.310 e. The van der Waals surface area contributed by atoms with E-state index < -0.39 is 52.7 Å². The van der Waals surface area contributed by atoms with Crippen molar-refractivity contribution in [2.45, 2.75) is 78.4 Å². The van der Waals surface area contributed by atoms with E-state index in [1.165, 1.54) is 20.3 Å². The monoisotopic (exact) mass is 498 g/mol. The van der Waals surface area contributed by atoms with Gasteiger partial charge in [0.05, 0.1) is 25.2 Å². The van der Waals surface area contributed by atoms with Crippen LogP contribution in [0.2, 0.25) is 0 Å². The molecule has 2 saturated carbocycles. The normalized spacial score (nSPS) is 35.4. The quantitative estimate of drug-likeness (QED) is 0.346. The number of ketones is 1. The van der Waals surface area contributed by atoms with Gasteiger partial charge in [-0.3, -0.25) is 19.2 Å². The van der Waals surface area contributed by atoms with Gasteiger partial charge in [-0.15, -0.1) is 0 Å². The van der Waals surface area contributed by atoms with Gasteiger partial charge in [-0.2, -0.15) is 0 Å². The Kier molecular flexibility index (Phi) is 7.05. The van der Waals surface area contributed by atoms with E-state index in [9.17, 15) is 19.2 Å². The minimum Gasteiger partial charge on any atom is -0.469 e. The zero-order valence-electron chi connectivity index (χ0n) is 21.6. The highest BCUT2D eigenvalue weighted by Gasteiger charge is 2.67. The van der Waals surface area contributed by atoms with Gasteiger partial charge in [-0.05, 0) is 48.5 Å². The first kappa shape index (κ1) is 26.0. The molecule has 8 nitrogen and oxygen atoms in total. The van der Waals surface area contributed by atoms with Gasteiger partial charge in [0.25, 0.3) is 0 Å². The maximum atomic E-state index is 13.9. The molecule has 0 spiro atoms. The largest absolute Gasteiger partial charge is 0.469 e. The lowest BCUT2D eigenvalue weighted by atomic mass is 9.43. The van der Waals surface area contributed by atoms with Gasteiger partial charge < -0.3 is 18.6 Å². The molecule has 1 aliphatic heterocycles. The highest BCUT2D eigenvalue weighted by molar-refractivity contribution is 5.93. The van der Waals surface area contributed by atoms with Crippen LogP contribution in [0.1, 0.15) is 83.6 Å². The molecule has 0 radical (unpaired) electrons. The molecule has 3 fully saturated rings. The van der Waals surface area contributed by atoms with Gasteiger partial charge in [0, 0.05) is 31.2 Å². The van der Waals surface area contributed by atoms with Gasteiger partial charge in [-0.25, -0.2) is 0 Å². The topological polar surface area (TPSA) is 109 Å². The van der Waals surface area contributed by atoms with Crippen molar-refractivity contribution in [3.8, 4) is 11.8 Å². The van der Waals surface area contributed by atoms with Gasteiger partial charge in [0.1, 0.15) is 6.10 Å². The molecule has 194 valence electrons. The molecule has 0 unspecified atom stereocenters. The predicted octanol–water partition coefficient (Wildman–Crippen LogP) is 4.15. The Hall–Kier alpha value is -3.08. The van der Waals surface area contributed by atoms with E-state index in [1.807, 2.05) is 20.8 Å². The summed E-state index contributed by atoms with van der Waals surface area (Å²) in [7, 11) is 1.32. The molecule has 2 heterocycles. The second kappa shape index (κ2) is 9.76. The van der Waals surface area contributed by atoms with E-state index in [0.717, 1.165) is 6.42 Å². The first-order valence-electron chi connectivity index (χ1n) is 12.6. The summed E-state index contributed by atoms with van der Waals surface area (Å²) >= 11 is 0. The number of carbonyl (C=O) groups excluding carboxylic acids is 4. The molecule has 8 heteroatoms. The Balaban J connectivity index is 1.77. The van der Waals surface area contributed by atoms with Crippen molar-refractivity contribution in [1.29, 1.82) is 0 Å². The van der Waals surface area contributed by atoms with Crippen molar-refractivity contribution in [3.63, 3.8) is 0 Å². The standard InChI is InChI=1S/C28H34O8/c1-6-7-8-9-20-17(11-13-34-20)22-15-28(4)18(26(32)36-22)10-12-27(3)19(25(31)33-5)14-21(35-16(2)29)23(30)24(27)28/h11,13,18-19,21-22,24H,6-7,10,12,14-15H2,1-5H3/t18-,19-,21-,22-,24-,27-,28-/m0/s1. The van der Waals surface area contributed by atoms with Crippen molar-refractivity contribution in [2.75, 3.05) is 7.11 Å².